The fourth-order valence-electron chi connectivity index (χ4n) is 1.83. The Morgan fingerprint density at radius 2 is 2.05 bits per heavy atom. The highest BCUT2D eigenvalue weighted by molar-refractivity contribution is 7.89. The van der Waals surface area contributed by atoms with Crippen LogP contribution in [0.25, 0.3) is 10.9 Å². The maximum Gasteiger partial charge on any atom is 0.240 e. The molecule has 0 aliphatic heterocycles. The lowest BCUT2D eigenvalue weighted by Crippen LogP contribution is -2.23. The van der Waals surface area contributed by atoms with Crippen LogP contribution in [0.2, 0.25) is 5.15 Å². The Hall–Kier alpha value is -1.96. The molecule has 0 fully saturated rings. The Labute approximate surface area is 125 Å². The first-order chi connectivity index (χ1) is 10.0. The van der Waals surface area contributed by atoms with Crippen molar-refractivity contribution >= 4 is 32.5 Å². The molecule has 0 spiro atoms. The largest absolute Gasteiger partial charge is 0.364 e. The summed E-state index contributed by atoms with van der Waals surface area (Å²) in [5.74, 6) is 0. The second-order valence-corrected chi connectivity index (χ2v) is 6.46. The van der Waals surface area contributed by atoms with Gasteiger partial charge >= 0.3 is 0 Å². The van der Waals surface area contributed by atoms with Gasteiger partial charge in [-0.1, -0.05) is 16.8 Å². The lowest BCUT2D eigenvalue weighted by atomic mass is 10.2. The molecule has 0 atom stereocenters. The second-order valence-electron chi connectivity index (χ2n) is 4.30. The van der Waals surface area contributed by atoms with E-state index in [2.05, 4.69) is 19.4 Å². The zero-order valence-electron chi connectivity index (χ0n) is 10.7. The molecule has 2 aromatic heterocycles. The van der Waals surface area contributed by atoms with Crippen molar-refractivity contribution in [2.75, 3.05) is 0 Å². The van der Waals surface area contributed by atoms with E-state index in [1.54, 1.807) is 30.3 Å². The highest BCUT2D eigenvalue weighted by Crippen LogP contribution is 2.19. The first kappa shape index (κ1) is 14.0. The Morgan fingerprint density at radius 1 is 1.19 bits per heavy atom. The van der Waals surface area contributed by atoms with Gasteiger partial charge in [0.1, 0.15) is 11.4 Å². The summed E-state index contributed by atoms with van der Waals surface area (Å²) in [6.07, 6.45) is 1.38. The molecule has 0 radical (unpaired) electrons. The minimum atomic E-state index is -3.63. The standard InChI is InChI=1S/C13H10ClN3O3S/c14-13-4-1-9-7-11(2-3-12(9)16-13)21(18,19)15-8-10-5-6-20-17-10/h1-7,15H,8H2. The number of aromatic nitrogens is 2. The van der Waals surface area contributed by atoms with Gasteiger partial charge in [0.15, 0.2) is 0 Å². The second kappa shape index (κ2) is 5.44. The first-order valence-corrected chi connectivity index (χ1v) is 7.86. The number of halogens is 1. The van der Waals surface area contributed by atoms with Gasteiger partial charge in [0.25, 0.3) is 0 Å². The van der Waals surface area contributed by atoms with Crippen molar-refractivity contribution in [3.05, 3.63) is 53.5 Å². The van der Waals surface area contributed by atoms with Crippen molar-refractivity contribution in [3.8, 4) is 0 Å². The molecule has 21 heavy (non-hydrogen) atoms. The van der Waals surface area contributed by atoms with Crippen LogP contribution in [0.1, 0.15) is 5.69 Å². The maximum atomic E-state index is 12.2. The number of sulfonamides is 1. The molecule has 0 aliphatic carbocycles. The molecule has 0 aliphatic rings. The molecule has 2 heterocycles. The third kappa shape index (κ3) is 3.05. The maximum absolute atomic E-state index is 12.2. The molecule has 0 unspecified atom stereocenters. The molecule has 6 nitrogen and oxygen atoms in total. The van der Waals surface area contributed by atoms with Crippen LogP contribution in [0, 0.1) is 0 Å². The van der Waals surface area contributed by atoms with E-state index in [9.17, 15) is 8.42 Å². The zero-order valence-corrected chi connectivity index (χ0v) is 12.2. The van der Waals surface area contributed by atoms with E-state index >= 15 is 0 Å². The number of benzene rings is 1. The van der Waals surface area contributed by atoms with Gasteiger partial charge in [0, 0.05) is 11.5 Å². The quantitative estimate of drug-likeness (QED) is 0.745. The lowest BCUT2D eigenvalue weighted by molar-refractivity contribution is 0.411. The normalized spacial score (nSPS) is 11.9. The third-order valence-electron chi connectivity index (χ3n) is 2.87. The van der Waals surface area contributed by atoms with Crippen molar-refractivity contribution < 1.29 is 12.9 Å². The highest BCUT2D eigenvalue weighted by Gasteiger charge is 2.15. The number of rotatable bonds is 4. The summed E-state index contributed by atoms with van der Waals surface area (Å²) < 4.78 is 31.5. The SMILES string of the molecule is O=S(=O)(NCc1ccon1)c1ccc2nc(Cl)ccc2c1. The van der Waals surface area contributed by atoms with Gasteiger partial charge in [-0.15, -0.1) is 0 Å². The number of nitrogens with zero attached hydrogens (tertiary/aromatic N) is 2. The molecule has 8 heteroatoms. The van der Waals surface area contributed by atoms with Gasteiger partial charge in [-0.2, -0.15) is 0 Å². The Balaban J connectivity index is 1.89. The average Bonchev–Trinajstić information content (AvgIpc) is 2.98. The predicted molar refractivity (Wildman–Crippen MR) is 77.3 cm³/mol. The summed E-state index contributed by atoms with van der Waals surface area (Å²) in [6.45, 7) is 0.0652. The van der Waals surface area contributed by atoms with Crippen molar-refractivity contribution in [2.45, 2.75) is 11.4 Å². The van der Waals surface area contributed by atoms with Crippen molar-refractivity contribution in [2.24, 2.45) is 0 Å². The molecular formula is C13H10ClN3O3S. The summed E-state index contributed by atoms with van der Waals surface area (Å²) in [5.41, 5.74) is 1.14. The topological polar surface area (TPSA) is 85.1 Å². The number of nitrogens with one attached hydrogen (secondary N) is 1. The number of hydrogen-bond donors (Lipinski definition) is 1. The molecule has 1 N–H and O–H groups in total. The fraction of sp³-hybridized carbons (Fsp3) is 0.0769. The van der Waals surface area contributed by atoms with E-state index < -0.39 is 10.0 Å². The van der Waals surface area contributed by atoms with E-state index in [1.807, 2.05) is 0 Å². The van der Waals surface area contributed by atoms with Crippen LogP contribution < -0.4 is 4.72 Å². The Morgan fingerprint density at radius 3 is 2.81 bits per heavy atom. The van der Waals surface area contributed by atoms with Crippen LogP contribution in [0.4, 0.5) is 0 Å². The predicted octanol–water partition coefficient (Wildman–Crippen LogP) is 2.35. The molecule has 3 aromatic rings. The third-order valence-corrected chi connectivity index (χ3v) is 4.48. The molecule has 0 saturated heterocycles. The van der Waals surface area contributed by atoms with Gasteiger partial charge in [-0.25, -0.2) is 18.1 Å². The van der Waals surface area contributed by atoms with Crippen molar-refractivity contribution in [1.29, 1.82) is 0 Å². The van der Waals surface area contributed by atoms with Gasteiger partial charge in [-0.05, 0) is 30.3 Å². The smallest absolute Gasteiger partial charge is 0.240 e. The van der Waals surface area contributed by atoms with E-state index in [1.165, 1.54) is 12.3 Å². The van der Waals surface area contributed by atoms with Crippen LogP contribution in [0.3, 0.4) is 0 Å². The van der Waals surface area contributed by atoms with Crippen molar-refractivity contribution in [1.82, 2.24) is 14.9 Å². The van der Waals surface area contributed by atoms with Crippen LogP contribution >= 0.6 is 11.6 Å². The summed E-state index contributed by atoms with van der Waals surface area (Å²) >= 11 is 5.80. The summed E-state index contributed by atoms with van der Waals surface area (Å²) in [4.78, 5) is 4.27. The molecular weight excluding hydrogens is 314 g/mol. The lowest BCUT2D eigenvalue weighted by Gasteiger charge is -2.06. The summed E-state index contributed by atoms with van der Waals surface area (Å²) in [6, 6.07) is 9.58. The van der Waals surface area contributed by atoms with Gasteiger partial charge < -0.3 is 4.52 Å². The van der Waals surface area contributed by atoms with E-state index in [0.717, 1.165) is 0 Å². The fourth-order valence-corrected chi connectivity index (χ4v) is 3.01. The molecule has 0 saturated carbocycles. The first-order valence-electron chi connectivity index (χ1n) is 6.00. The number of hydrogen-bond acceptors (Lipinski definition) is 5. The molecule has 108 valence electrons. The highest BCUT2D eigenvalue weighted by atomic mass is 35.5. The van der Waals surface area contributed by atoms with Crippen LogP contribution in [0.15, 0.2) is 52.1 Å². The molecule has 0 bridgehead atoms. The average molecular weight is 324 g/mol. The monoisotopic (exact) mass is 323 g/mol. The minimum Gasteiger partial charge on any atom is -0.364 e. The summed E-state index contributed by atoms with van der Waals surface area (Å²) in [5, 5.41) is 4.71. The van der Waals surface area contributed by atoms with Gasteiger partial charge in [-0.3, -0.25) is 0 Å². The van der Waals surface area contributed by atoms with Crippen LogP contribution in [0.5, 0.6) is 0 Å². The Kier molecular flexibility index (Phi) is 3.62. The minimum absolute atomic E-state index is 0.0652. The number of fused-ring (bicyclic) bond motifs is 1. The van der Waals surface area contributed by atoms with Gasteiger partial charge in [0.2, 0.25) is 10.0 Å². The molecule has 1 aromatic carbocycles. The van der Waals surface area contributed by atoms with Gasteiger partial charge in [0.05, 0.1) is 22.7 Å². The Bertz CT molecular complexity index is 879. The molecule has 0 amide bonds. The van der Waals surface area contributed by atoms with E-state index in [-0.39, 0.29) is 11.4 Å². The molecule has 3 rings (SSSR count). The van der Waals surface area contributed by atoms with Crippen LogP contribution in [-0.4, -0.2) is 18.6 Å². The summed E-state index contributed by atoms with van der Waals surface area (Å²) in [7, 11) is -3.63. The zero-order chi connectivity index (χ0) is 14.9. The van der Waals surface area contributed by atoms with Crippen LogP contribution in [-0.2, 0) is 16.6 Å². The van der Waals surface area contributed by atoms with E-state index in [0.29, 0.717) is 21.7 Å². The van der Waals surface area contributed by atoms with E-state index in [4.69, 9.17) is 11.6 Å². The number of pyridine rings is 1. The van der Waals surface area contributed by atoms with Crippen molar-refractivity contribution in [3.63, 3.8) is 0 Å².